The van der Waals surface area contributed by atoms with Gasteiger partial charge in [0.15, 0.2) is 17.4 Å². The first kappa shape index (κ1) is 33.0. The Morgan fingerprint density at radius 1 is 1.27 bits per heavy atom. The second-order valence-electron chi connectivity index (χ2n) is 11.9. The molecule has 1 fully saturated rings. The number of aryl methyl sites for hydroxylation is 1. The summed E-state index contributed by atoms with van der Waals surface area (Å²) in [5, 5.41) is 0.450. The Hall–Kier alpha value is -4.93. The van der Waals surface area contributed by atoms with Crippen molar-refractivity contribution in [3.63, 3.8) is 0 Å². The molecule has 0 N–H and O–H groups in total. The summed E-state index contributed by atoms with van der Waals surface area (Å²) < 4.78 is 42.7. The standard InChI is InChI=1S/C34H32ClF2N7O4/c1-18(2)29-30(19(3)8-9-39-29)44-31-21(13-22(35)26-27-24(17-48-32(26)31)40-15-23(36)28(27)37)33(41-34(44)46)42-10-11-43(20(16-42)14-38-4)25(45)7-6-12-47-5/h6-9,13,15,18,20H,10-12,14,16-17H2,1-3,5H3/b7-6+/t20-/m0/s1. The number of halogens is 3. The number of piperazine rings is 1. The minimum Gasteiger partial charge on any atom is -0.484 e. The number of methoxy groups -OCH3 is 1. The number of fused-ring (bicyclic) bond motifs is 5. The second-order valence-corrected chi connectivity index (χ2v) is 12.3. The predicted octanol–water partition coefficient (Wildman–Crippen LogP) is 5.24. The Labute approximate surface area is 280 Å². The number of pyridine rings is 2. The maximum Gasteiger partial charge on any atom is 0.354 e. The van der Waals surface area contributed by atoms with E-state index in [0.29, 0.717) is 16.8 Å². The van der Waals surface area contributed by atoms with Gasteiger partial charge in [0.25, 0.3) is 0 Å². The van der Waals surface area contributed by atoms with Crippen LogP contribution in [0.15, 0.2) is 41.5 Å². The van der Waals surface area contributed by atoms with Gasteiger partial charge >= 0.3 is 5.69 Å². The number of rotatable bonds is 7. The minimum absolute atomic E-state index is 0.0237. The highest BCUT2D eigenvalue weighted by Crippen LogP contribution is 2.49. The maximum absolute atomic E-state index is 15.5. The third-order valence-electron chi connectivity index (χ3n) is 8.53. The van der Waals surface area contributed by atoms with Gasteiger partial charge in [-0.1, -0.05) is 31.5 Å². The normalized spacial score (nSPS) is 15.9. The molecule has 3 aromatic heterocycles. The van der Waals surface area contributed by atoms with Crippen LogP contribution in [0.5, 0.6) is 5.75 Å². The number of nitrogens with zero attached hydrogens (tertiary/aromatic N) is 7. The van der Waals surface area contributed by atoms with Crippen LogP contribution >= 0.6 is 11.6 Å². The lowest BCUT2D eigenvalue weighted by atomic mass is 9.97. The fourth-order valence-electron chi connectivity index (χ4n) is 6.36. The van der Waals surface area contributed by atoms with E-state index in [9.17, 15) is 14.0 Å². The van der Waals surface area contributed by atoms with Crippen LogP contribution in [0.3, 0.4) is 0 Å². The minimum atomic E-state index is -1.15. The van der Waals surface area contributed by atoms with E-state index in [1.807, 2.05) is 25.7 Å². The summed E-state index contributed by atoms with van der Waals surface area (Å²) in [5.41, 5.74) is 1.52. The van der Waals surface area contributed by atoms with Gasteiger partial charge in [0.2, 0.25) is 12.5 Å². The van der Waals surface area contributed by atoms with E-state index in [2.05, 4.69) is 19.8 Å². The molecule has 11 nitrogen and oxygen atoms in total. The Bertz CT molecular complexity index is 2080. The Balaban J connectivity index is 1.61. The van der Waals surface area contributed by atoms with Gasteiger partial charge in [0.1, 0.15) is 24.0 Å². The molecule has 0 unspecified atom stereocenters. The van der Waals surface area contributed by atoms with Crippen molar-refractivity contribution in [2.45, 2.75) is 39.3 Å². The number of hydrogen-bond acceptors (Lipinski definition) is 8. The highest BCUT2D eigenvalue weighted by molar-refractivity contribution is 6.35. The van der Waals surface area contributed by atoms with Crippen molar-refractivity contribution in [2.24, 2.45) is 0 Å². The number of anilines is 1. The van der Waals surface area contributed by atoms with Gasteiger partial charge in [-0.2, -0.15) is 4.98 Å². The van der Waals surface area contributed by atoms with Gasteiger partial charge in [-0.15, -0.1) is 0 Å². The molecule has 248 valence electrons. The van der Waals surface area contributed by atoms with Crippen molar-refractivity contribution in [2.75, 3.05) is 44.8 Å². The number of benzene rings is 1. The first-order valence-electron chi connectivity index (χ1n) is 15.3. The molecule has 1 amide bonds. The number of carbonyl (C=O) groups is 1. The number of carbonyl (C=O) groups excluding carboxylic acids is 1. The van der Waals surface area contributed by atoms with Gasteiger partial charge in [-0.25, -0.2) is 20.1 Å². The van der Waals surface area contributed by atoms with E-state index in [1.165, 1.54) is 17.8 Å². The van der Waals surface area contributed by atoms with Crippen LogP contribution in [-0.2, 0) is 16.1 Å². The summed E-state index contributed by atoms with van der Waals surface area (Å²) in [6, 6.07) is 2.83. The van der Waals surface area contributed by atoms with E-state index in [-0.39, 0.29) is 90.1 Å². The van der Waals surface area contributed by atoms with Crippen LogP contribution < -0.4 is 15.3 Å². The van der Waals surface area contributed by atoms with Crippen molar-refractivity contribution in [1.29, 1.82) is 0 Å². The monoisotopic (exact) mass is 675 g/mol. The lowest BCUT2D eigenvalue weighted by Crippen LogP contribution is -2.56. The second kappa shape index (κ2) is 13.3. The zero-order valence-corrected chi connectivity index (χ0v) is 27.5. The van der Waals surface area contributed by atoms with Crippen molar-refractivity contribution in [1.82, 2.24) is 24.4 Å². The third-order valence-corrected chi connectivity index (χ3v) is 8.83. The van der Waals surface area contributed by atoms with Crippen LogP contribution in [0, 0.1) is 25.1 Å². The van der Waals surface area contributed by atoms with E-state index in [0.717, 1.165) is 11.8 Å². The molecule has 0 radical (unpaired) electrons. The molecule has 14 heteroatoms. The number of aromatic nitrogens is 4. The quantitative estimate of drug-likeness (QED) is 0.194. The Morgan fingerprint density at radius 3 is 2.79 bits per heavy atom. The van der Waals surface area contributed by atoms with Gasteiger partial charge in [0.05, 0.1) is 40.5 Å². The molecule has 48 heavy (non-hydrogen) atoms. The highest BCUT2D eigenvalue weighted by Gasteiger charge is 2.36. The van der Waals surface area contributed by atoms with Crippen molar-refractivity contribution >= 4 is 34.2 Å². The molecule has 2 aliphatic heterocycles. The zero-order valence-electron chi connectivity index (χ0n) is 26.8. The summed E-state index contributed by atoms with van der Waals surface area (Å²) in [6.07, 6.45) is 5.48. The van der Waals surface area contributed by atoms with Gasteiger partial charge < -0.3 is 24.1 Å². The molecule has 6 rings (SSSR count). The molecule has 0 aliphatic carbocycles. The summed E-state index contributed by atoms with van der Waals surface area (Å²) in [4.78, 5) is 47.6. The fraction of sp³-hybridized carbons (Fsp3) is 0.353. The van der Waals surface area contributed by atoms with Crippen LogP contribution in [-0.4, -0.2) is 76.3 Å². The third kappa shape index (κ3) is 5.65. The molecule has 4 aromatic rings. The number of hydrogen-bond donors (Lipinski definition) is 0. The summed E-state index contributed by atoms with van der Waals surface area (Å²) in [6.45, 7) is 14.1. The van der Waals surface area contributed by atoms with Crippen LogP contribution in [0.25, 0.3) is 32.6 Å². The maximum atomic E-state index is 15.5. The molecular formula is C34H32ClF2N7O4. The topological polar surface area (TPSA) is 107 Å². The SMILES string of the molecule is [C-]#[N+]C[C@H]1CN(c2nc(=O)n(-c3c(C)ccnc3C(C)C)c3c4c(c(Cl)cc23)-c2c(ncc(F)c2F)CO4)CCN1C(=O)/C=C/COC. The number of amides is 1. The van der Waals surface area contributed by atoms with Crippen LogP contribution in [0.1, 0.15) is 36.7 Å². The number of ether oxygens (including phenoxy) is 2. The smallest absolute Gasteiger partial charge is 0.354 e. The molecule has 2 aliphatic rings. The molecule has 0 saturated carbocycles. The first-order valence-corrected chi connectivity index (χ1v) is 15.7. The predicted molar refractivity (Wildman–Crippen MR) is 177 cm³/mol. The Kier molecular flexibility index (Phi) is 9.13. The average Bonchev–Trinajstić information content (AvgIpc) is 3.06. The molecular weight excluding hydrogens is 644 g/mol. The zero-order chi connectivity index (χ0) is 34.3. The van der Waals surface area contributed by atoms with Gasteiger partial charge in [-0.05, 0) is 30.5 Å². The van der Waals surface area contributed by atoms with E-state index >= 15 is 4.39 Å². The molecule has 5 heterocycles. The van der Waals surface area contributed by atoms with E-state index in [1.54, 1.807) is 29.3 Å². The van der Waals surface area contributed by atoms with Crippen molar-refractivity contribution < 1.29 is 23.0 Å². The lowest BCUT2D eigenvalue weighted by Gasteiger charge is -2.40. The fourth-order valence-corrected chi connectivity index (χ4v) is 6.65. The molecule has 0 spiro atoms. The van der Waals surface area contributed by atoms with E-state index < -0.39 is 23.4 Å². The molecule has 0 bridgehead atoms. The van der Waals surface area contributed by atoms with Crippen molar-refractivity contribution in [3.05, 3.63) is 92.2 Å². The highest BCUT2D eigenvalue weighted by atomic mass is 35.5. The van der Waals surface area contributed by atoms with Gasteiger partial charge in [0, 0.05) is 50.0 Å². The Morgan fingerprint density at radius 2 is 2.06 bits per heavy atom. The summed E-state index contributed by atoms with van der Waals surface area (Å²) >= 11 is 6.89. The largest absolute Gasteiger partial charge is 0.484 e. The first-order chi connectivity index (χ1) is 23.1. The lowest BCUT2D eigenvalue weighted by molar-refractivity contribution is -0.128. The molecule has 1 atom stereocenters. The summed E-state index contributed by atoms with van der Waals surface area (Å²) in [7, 11) is 1.53. The van der Waals surface area contributed by atoms with Crippen LogP contribution in [0.4, 0.5) is 14.6 Å². The summed E-state index contributed by atoms with van der Waals surface area (Å²) in [5.74, 6) is -2.30. The molecule has 1 aromatic carbocycles. The van der Waals surface area contributed by atoms with Crippen molar-refractivity contribution in [3.8, 4) is 22.6 Å². The van der Waals surface area contributed by atoms with E-state index in [4.69, 9.17) is 27.6 Å². The molecule has 1 saturated heterocycles. The average molecular weight is 676 g/mol. The van der Waals surface area contributed by atoms with Crippen LogP contribution in [0.2, 0.25) is 5.02 Å². The van der Waals surface area contributed by atoms with Gasteiger partial charge in [-0.3, -0.25) is 19.3 Å².